The summed E-state index contributed by atoms with van der Waals surface area (Å²) in [6.45, 7) is 11.3. The maximum Gasteiger partial charge on any atom is 0.401 e. The van der Waals surface area contributed by atoms with Crippen LogP contribution < -0.4 is 0 Å². The van der Waals surface area contributed by atoms with Crippen molar-refractivity contribution in [3.63, 3.8) is 0 Å². The molecule has 0 spiro atoms. The zero-order valence-electron chi connectivity index (χ0n) is 16.8. The molecule has 1 aliphatic rings. The average molecular weight is 382 g/mol. The van der Waals surface area contributed by atoms with E-state index in [9.17, 15) is 13.2 Å². The molecule has 0 aromatic carbocycles. The van der Waals surface area contributed by atoms with E-state index in [1.54, 1.807) is 0 Å². The molecule has 3 rings (SSSR count). The molecule has 1 fully saturated rings. The molecule has 27 heavy (non-hydrogen) atoms. The minimum Gasteiger partial charge on any atom is -0.302 e. The predicted octanol–water partition coefficient (Wildman–Crippen LogP) is 4.47. The van der Waals surface area contributed by atoms with Crippen molar-refractivity contribution < 1.29 is 13.2 Å². The molecule has 2 aromatic rings. The highest BCUT2D eigenvalue weighted by Gasteiger charge is 2.35. The molecule has 0 aliphatic carbocycles. The molecular formula is C20H29F3N4. The van der Waals surface area contributed by atoms with Crippen LogP contribution in [0.2, 0.25) is 0 Å². The number of aryl methyl sites for hydroxylation is 2. The van der Waals surface area contributed by atoms with Gasteiger partial charge in [0.2, 0.25) is 0 Å². The molecule has 1 unspecified atom stereocenters. The summed E-state index contributed by atoms with van der Waals surface area (Å²) in [7, 11) is 0. The summed E-state index contributed by atoms with van der Waals surface area (Å²) in [4.78, 5) is 1.51. The van der Waals surface area contributed by atoms with Gasteiger partial charge in [0.25, 0.3) is 0 Å². The molecule has 7 heteroatoms. The normalized spacial score (nSPS) is 19.2. The van der Waals surface area contributed by atoms with Crippen LogP contribution in [0.25, 0.3) is 5.82 Å². The van der Waals surface area contributed by atoms with E-state index in [0.717, 1.165) is 29.3 Å². The van der Waals surface area contributed by atoms with E-state index in [1.807, 2.05) is 4.68 Å². The van der Waals surface area contributed by atoms with Crippen LogP contribution in [0.5, 0.6) is 0 Å². The van der Waals surface area contributed by atoms with Gasteiger partial charge in [-0.2, -0.15) is 18.3 Å². The molecule has 150 valence electrons. The maximum atomic E-state index is 12.7. The van der Waals surface area contributed by atoms with Crippen LogP contribution in [0.15, 0.2) is 18.2 Å². The van der Waals surface area contributed by atoms with Gasteiger partial charge in [-0.05, 0) is 44.9 Å². The molecule has 0 radical (unpaired) electrons. The summed E-state index contributed by atoms with van der Waals surface area (Å²) in [6.07, 6.45) is -3.36. The second-order valence-electron chi connectivity index (χ2n) is 8.78. The first kappa shape index (κ1) is 20.0. The minimum absolute atomic E-state index is 0.0928. The highest BCUT2D eigenvalue weighted by Crippen LogP contribution is 2.29. The lowest BCUT2D eigenvalue weighted by molar-refractivity contribution is -0.143. The van der Waals surface area contributed by atoms with E-state index in [0.29, 0.717) is 19.6 Å². The Morgan fingerprint density at radius 3 is 2.30 bits per heavy atom. The molecule has 0 saturated carbocycles. The fraction of sp³-hybridized carbons (Fsp3) is 0.650. The Hall–Kier alpha value is -1.76. The fourth-order valence-electron chi connectivity index (χ4n) is 3.99. The van der Waals surface area contributed by atoms with Gasteiger partial charge in [-0.15, -0.1) is 0 Å². The number of alkyl halides is 3. The van der Waals surface area contributed by atoms with Gasteiger partial charge < -0.3 is 4.57 Å². The van der Waals surface area contributed by atoms with Gasteiger partial charge in [0.05, 0.1) is 6.54 Å². The van der Waals surface area contributed by atoms with Crippen LogP contribution in [-0.2, 0) is 12.0 Å². The fourth-order valence-corrected chi connectivity index (χ4v) is 3.99. The Labute approximate surface area is 159 Å². The third kappa shape index (κ3) is 4.57. The molecule has 0 bridgehead atoms. The molecular weight excluding hydrogens is 353 g/mol. The molecule has 2 aromatic heterocycles. The molecule has 0 N–H and O–H groups in total. The summed E-state index contributed by atoms with van der Waals surface area (Å²) < 4.78 is 42.1. The molecule has 1 aliphatic heterocycles. The molecule has 0 amide bonds. The van der Waals surface area contributed by atoms with Gasteiger partial charge in [0, 0.05) is 41.7 Å². The Bertz CT molecular complexity index is 776. The third-order valence-electron chi connectivity index (χ3n) is 5.24. The number of nitrogens with zero attached hydrogens (tertiary/aromatic N) is 4. The van der Waals surface area contributed by atoms with Crippen molar-refractivity contribution in [2.24, 2.45) is 5.92 Å². The van der Waals surface area contributed by atoms with Gasteiger partial charge >= 0.3 is 6.18 Å². The van der Waals surface area contributed by atoms with Crippen molar-refractivity contribution in [3.05, 3.63) is 35.3 Å². The quantitative estimate of drug-likeness (QED) is 0.780. The van der Waals surface area contributed by atoms with E-state index in [-0.39, 0.29) is 11.3 Å². The topological polar surface area (TPSA) is 26.0 Å². The molecule has 3 heterocycles. The summed E-state index contributed by atoms with van der Waals surface area (Å²) >= 11 is 0. The number of aromatic nitrogens is 3. The number of likely N-dealkylation sites (tertiary alicyclic amines) is 1. The van der Waals surface area contributed by atoms with E-state index in [1.165, 1.54) is 4.90 Å². The second kappa shape index (κ2) is 7.00. The van der Waals surface area contributed by atoms with E-state index in [4.69, 9.17) is 5.10 Å². The molecule has 1 atom stereocenters. The van der Waals surface area contributed by atoms with E-state index in [2.05, 4.69) is 57.4 Å². The minimum atomic E-state index is -4.13. The zero-order valence-corrected chi connectivity index (χ0v) is 16.8. The van der Waals surface area contributed by atoms with Gasteiger partial charge in [-0.3, -0.25) is 9.58 Å². The molecule has 1 saturated heterocycles. The monoisotopic (exact) mass is 382 g/mol. The van der Waals surface area contributed by atoms with Crippen LogP contribution in [0.3, 0.4) is 0 Å². The lowest BCUT2D eigenvalue weighted by Gasteiger charge is -2.22. The van der Waals surface area contributed by atoms with Crippen molar-refractivity contribution in [3.8, 4) is 5.82 Å². The number of rotatable bonds is 4. The summed E-state index contributed by atoms with van der Waals surface area (Å²) in [5, 5.41) is 4.84. The van der Waals surface area contributed by atoms with E-state index >= 15 is 0 Å². The highest BCUT2D eigenvalue weighted by molar-refractivity contribution is 5.34. The van der Waals surface area contributed by atoms with Gasteiger partial charge in [0.1, 0.15) is 0 Å². The van der Waals surface area contributed by atoms with Crippen molar-refractivity contribution in [2.45, 2.75) is 59.2 Å². The largest absolute Gasteiger partial charge is 0.401 e. The summed E-state index contributed by atoms with van der Waals surface area (Å²) in [5.41, 5.74) is 3.26. The smallest absolute Gasteiger partial charge is 0.302 e. The standard InChI is InChI=1S/C20H29F3N4/c1-14-6-7-15(2)27(14)18-10-17(19(3,4)5)26(24-18)12-16-8-9-25(11-16)13-20(21,22)23/h6-7,10,16H,8-9,11-13H2,1-5H3. The second-order valence-corrected chi connectivity index (χ2v) is 8.78. The van der Waals surface area contributed by atoms with Crippen LogP contribution in [-0.4, -0.2) is 45.1 Å². The number of hydrogen-bond acceptors (Lipinski definition) is 2. The van der Waals surface area contributed by atoms with Crippen LogP contribution in [0, 0.1) is 19.8 Å². The first-order valence-electron chi connectivity index (χ1n) is 9.47. The Balaban J connectivity index is 1.83. The Morgan fingerprint density at radius 1 is 1.11 bits per heavy atom. The van der Waals surface area contributed by atoms with Crippen molar-refractivity contribution in [2.75, 3.05) is 19.6 Å². The third-order valence-corrected chi connectivity index (χ3v) is 5.24. The van der Waals surface area contributed by atoms with Gasteiger partial charge in [0.15, 0.2) is 5.82 Å². The summed E-state index contributed by atoms with van der Waals surface area (Å²) in [6, 6.07) is 6.25. The zero-order chi connectivity index (χ0) is 20.0. The lowest BCUT2D eigenvalue weighted by atomic mass is 9.92. The predicted molar refractivity (Wildman–Crippen MR) is 100 cm³/mol. The first-order valence-corrected chi connectivity index (χ1v) is 9.47. The average Bonchev–Trinajstić information content (AvgIpc) is 3.18. The van der Waals surface area contributed by atoms with Crippen LogP contribution in [0.1, 0.15) is 44.3 Å². The van der Waals surface area contributed by atoms with Crippen molar-refractivity contribution in [1.29, 1.82) is 0 Å². The lowest BCUT2D eigenvalue weighted by Crippen LogP contribution is -2.33. The Morgan fingerprint density at radius 2 is 1.74 bits per heavy atom. The van der Waals surface area contributed by atoms with Crippen LogP contribution >= 0.6 is 0 Å². The van der Waals surface area contributed by atoms with E-state index < -0.39 is 12.7 Å². The van der Waals surface area contributed by atoms with Crippen molar-refractivity contribution in [1.82, 2.24) is 19.2 Å². The van der Waals surface area contributed by atoms with Crippen molar-refractivity contribution >= 4 is 0 Å². The van der Waals surface area contributed by atoms with Crippen LogP contribution in [0.4, 0.5) is 13.2 Å². The maximum absolute atomic E-state index is 12.7. The Kier molecular flexibility index (Phi) is 5.18. The SMILES string of the molecule is Cc1ccc(C)n1-c1cc(C(C)(C)C)n(CC2CCN(CC(F)(F)F)C2)n1. The highest BCUT2D eigenvalue weighted by atomic mass is 19.4. The first-order chi connectivity index (χ1) is 12.4. The molecule has 4 nitrogen and oxygen atoms in total. The number of halogens is 3. The van der Waals surface area contributed by atoms with Gasteiger partial charge in [-0.1, -0.05) is 20.8 Å². The summed E-state index contributed by atoms with van der Waals surface area (Å²) in [5.74, 6) is 1.07. The number of hydrogen-bond donors (Lipinski definition) is 0. The van der Waals surface area contributed by atoms with Gasteiger partial charge in [-0.25, -0.2) is 0 Å².